The molecule has 3 heterocycles. The molecule has 132 valence electrons. The van der Waals surface area contributed by atoms with Gasteiger partial charge in [0.15, 0.2) is 0 Å². The minimum absolute atomic E-state index is 0.308. The fourth-order valence-electron chi connectivity index (χ4n) is 4.33. The minimum atomic E-state index is -0.312. The van der Waals surface area contributed by atoms with Crippen LogP contribution in [0.1, 0.15) is 38.6 Å². The first-order valence-corrected chi connectivity index (χ1v) is 10.0. The van der Waals surface area contributed by atoms with Crippen molar-refractivity contribution in [1.29, 1.82) is 0 Å². The monoisotopic (exact) mass is 356 g/mol. The zero-order valence-corrected chi connectivity index (χ0v) is 16.4. The first kappa shape index (κ1) is 16.2. The van der Waals surface area contributed by atoms with E-state index in [1.165, 1.54) is 22.8 Å². The van der Waals surface area contributed by atoms with Gasteiger partial charge >= 0.3 is 7.12 Å². The lowest BCUT2D eigenvalue weighted by molar-refractivity contribution is 0.00578. The molecule has 3 fully saturated rings. The summed E-state index contributed by atoms with van der Waals surface area (Å²) in [5.41, 5.74) is 1.54. The van der Waals surface area contributed by atoms with Crippen molar-refractivity contribution >= 4 is 34.1 Å². The van der Waals surface area contributed by atoms with Gasteiger partial charge in [-0.15, -0.1) is 11.3 Å². The molecule has 0 unspecified atom stereocenters. The van der Waals surface area contributed by atoms with E-state index in [-0.39, 0.29) is 18.3 Å². The molecule has 5 rings (SSSR count). The highest BCUT2D eigenvalue weighted by atomic mass is 32.1. The molecule has 4 nitrogen and oxygen atoms in total. The Kier molecular flexibility index (Phi) is 3.29. The van der Waals surface area contributed by atoms with Crippen molar-refractivity contribution in [2.24, 2.45) is 11.8 Å². The lowest BCUT2D eigenvalue weighted by atomic mass is 9.79. The molecule has 6 heteroatoms. The van der Waals surface area contributed by atoms with Crippen LogP contribution in [0, 0.1) is 11.8 Å². The van der Waals surface area contributed by atoms with E-state index in [0.29, 0.717) is 5.92 Å². The second-order valence-electron chi connectivity index (χ2n) is 8.94. The van der Waals surface area contributed by atoms with Gasteiger partial charge in [-0.2, -0.15) is 0 Å². The normalized spacial score (nSPS) is 33.2. The van der Waals surface area contributed by atoms with Crippen LogP contribution >= 0.6 is 11.3 Å². The van der Waals surface area contributed by atoms with E-state index in [9.17, 15) is 0 Å². The number of fused-ring (bicyclic) bond motifs is 2. The first-order valence-electron chi connectivity index (χ1n) is 9.20. The van der Waals surface area contributed by atoms with Crippen LogP contribution in [0.5, 0.6) is 0 Å². The molecule has 0 bridgehead atoms. The molecular weight excluding hydrogens is 331 g/mol. The SMILES string of the molecule is CN1C[C@@H]2[C@H](C1)[C@@H]2c1nc2cc(B3OC(C)(C)C(C)(C)O3)ccc2s1. The lowest BCUT2D eigenvalue weighted by Crippen LogP contribution is -2.41. The van der Waals surface area contributed by atoms with Crippen LogP contribution in [0.2, 0.25) is 0 Å². The van der Waals surface area contributed by atoms with Gasteiger partial charge in [0.05, 0.1) is 26.4 Å². The third kappa shape index (κ3) is 2.41. The van der Waals surface area contributed by atoms with Gasteiger partial charge in [-0.3, -0.25) is 0 Å². The molecular formula is C19H25BN2O2S. The molecule has 0 amide bonds. The quantitative estimate of drug-likeness (QED) is 0.775. The van der Waals surface area contributed by atoms with Crippen molar-refractivity contribution in [1.82, 2.24) is 9.88 Å². The maximum atomic E-state index is 6.19. The van der Waals surface area contributed by atoms with Crippen molar-refractivity contribution in [2.75, 3.05) is 20.1 Å². The molecule has 0 N–H and O–H groups in total. The molecule has 1 aliphatic carbocycles. The molecule has 0 radical (unpaired) electrons. The van der Waals surface area contributed by atoms with Crippen LogP contribution < -0.4 is 5.46 Å². The van der Waals surface area contributed by atoms with Crippen LogP contribution in [-0.4, -0.2) is 48.3 Å². The maximum absolute atomic E-state index is 6.19. The number of hydrogen-bond acceptors (Lipinski definition) is 5. The Morgan fingerprint density at radius 1 is 1.12 bits per heavy atom. The molecule has 1 aromatic carbocycles. The third-order valence-electron chi connectivity index (χ3n) is 6.62. The second-order valence-corrected chi connectivity index (χ2v) is 10.0. The van der Waals surface area contributed by atoms with Crippen molar-refractivity contribution in [3.63, 3.8) is 0 Å². The van der Waals surface area contributed by atoms with Gasteiger partial charge < -0.3 is 14.2 Å². The summed E-state index contributed by atoms with van der Waals surface area (Å²) >= 11 is 1.87. The van der Waals surface area contributed by atoms with Gasteiger partial charge in [-0.1, -0.05) is 6.07 Å². The number of rotatable bonds is 2. The number of hydrogen-bond donors (Lipinski definition) is 0. The zero-order chi connectivity index (χ0) is 17.6. The Labute approximate surface area is 153 Å². The number of benzene rings is 1. The van der Waals surface area contributed by atoms with E-state index in [1.54, 1.807) is 0 Å². The van der Waals surface area contributed by atoms with Gasteiger partial charge in [-0.25, -0.2) is 4.98 Å². The van der Waals surface area contributed by atoms with Gasteiger partial charge in [0.1, 0.15) is 0 Å². The highest BCUT2D eigenvalue weighted by molar-refractivity contribution is 7.18. The van der Waals surface area contributed by atoms with Gasteiger partial charge in [0, 0.05) is 19.0 Å². The topological polar surface area (TPSA) is 34.6 Å². The smallest absolute Gasteiger partial charge is 0.399 e. The van der Waals surface area contributed by atoms with E-state index >= 15 is 0 Å². The Morgan fingerprint density at radius 2 is 1.76 bits per heavy atom. The van der Waals surface area contributed by atoms with E-state index in [4.69, 9.17) is 14.3 Å². The fourth-order valence-corrected chi connectivity index (χ4v) is 5.53. The summed E-state index contributed by atoms with van der Waals surface area (Å²) in [6.07, 6.45) is 0. The van der Waals surface area contributed by atoms with E-state index in [1.807, 2.05) is 11.3 Å². The van der Waals surface area contributed by atoms with Crippen molar-refractivity contribution in [3.05, 3.63) is 23.2 Å². The van der Waals surface area contributed by atoms with E-state index in [0.717, 1.165) is 22.8 Å². The molecule has 3 aliphatic rings. The van der Waals surface area contributed by atoms with Crippen molar-refractivity contribution < 1.29 is 9.31 Å². The van der Waals surface area contributed by atoms with Crippen LogP contribution in [0.4, 0.5) is 0 Å². The number of thiazole rings is 1. The molecule has 2 aromatic rings. The summed E-state index contributed by atoms with van der Waals surface area (Å²) in [7, 11) is 1.91. The molecule has 1 aromatic heterocycles. The minimum Gasteiger partial charge on any atom is -0.399 e. The van der Waals surface area contributed by atoms with E-state index in [2.05, 4.69) is 57.8 Å². The van der Waals surface area contributed by atoms with Crippen molar-refractivity contribution in [3.8, 4) is 0 Å². The predicted octanol–water partition coefficient (Wildman–Crippen LogP) is 2.87. The maximum Gasteiger partial charge on any atom is 0.494 e. The fraction of sp³-hybridized carbons (Fsp3) is 0.632. The predicted molar refractivity (Wildman–Crippen MR) is 103 cm³/mol. The number of aromatic nitrogens is 1. The molecule has 25 heavy (non-hydrogen) atoms. The molecule has 3 atom stereocenters. The summed E-state index contributed by atoms with van der Waals surface area (Å²) in [6, 6.07) is 6.47. The number of likely N-dealkylation sites (tertiary alicyclic amines) is 1. The van der Waals surface area contributed by atoms with Crippen molar-refractivity contribution in [2.45, 2.75) is 44.8 Å². The zero-order valence-electron chi connectivity index (χ0n) is 15.6. The molecule has 2 saturated heterocycles. The summed E-state index contributed by atoms with van der Waals surface area (Å²) in [5, 5.41) is 1.32. The Balaban J connectivity index is 1.42. The molecule has 2 aliphatic heterocycles. The number of piperidine rings is 1. The molecule has 0 spiro atoms. The molecule has 1 saturated carbocycles. The third-order valence-corrected chi connectivity index (χ3v) is 7.75. The lowest BCUT2D eigenvalue weighted by Gasteiger charge is -2.32. The summed E-state index contributed by atoms with van der Waals surface area (Å²) in [4.78, 5) is 7.42. The number of nitrogens with zero attached hydrogens (tertiary/aromatic N) is 2. The summed E-state index contributed by atoms with van der Waals surface area (Å²) < 4.78 is 13.6. The van der Waals surface area contributed by atoms with Crippen LogP contribution in [0.15, 0.2) is 18.2 Å². The Bertz CT molecular complexity index is 821. The van der Waals surface area contributed by atoms with E-state index < -0.39 is 0 Å². The summed E-state index contributed by atoms with van der Waals surface area (Å²) in [5.74, 6) is 2.34. The van der Waals surface area contributed by atoms with Crippen LogP contribution in [0.3, 0.4) is 0 Å². The Morgan fingerprint density at radius 3 is 2.40 bits per heavy atom. The average molecular weight is 356 g/mol. The largest absolute Gasteiger partial charge is 0.494 e. The standard InChI is InChI=1S/C19H25BN2O2S/c1-18(2)19(3,4)24-20(23-18)11-6-7-15-14(8-11)21-17(25-15)16-12-9-22(5)10-13(12)16/h6-8,12-13,16H,9-10H2,1-5H3/t12-,13+,16-. The highest BCUT2D eigenvalue weighted by Gasteiger charge is 2.57. The highest BCUT2D eigenvalue weighted by Crippen LogP contribution is 2.58. The van der Waals surface area contributed by atoms with Gasteiger partial charge in [-0.05, 0) is 64.2 Å². The van der Waals surface area contributed by atoms with Crippen LogP contribution in [0.25, 0.3) is 10.2 Å². The average Bonchev–Trinajstić information content (AvgIpc) is 2.86. The first-order chi connectivity index (χ1) is 11.7. The Hall–Kier alpha value is -0.945. The van der Waals surface area contributed by atoms with Gasteiger partial charge in [0.25, 0.3) is 0 Å². The summed E-state index contributed by atoms with van der Waals surface area (Å²) in [6.45, 7) is 10.8. The van der Waals surface area contributed by atoms with Gasteiger partial charge in [0.2, 0.25) is 0 Å². The van der Waals surface area contributed by atoms with Crippen LogP contribution in [-0.2, 0) is 9.31 Å². The second kappa shape index (κ2) is 5.06.